The van der Waals surface area contributed by atoms with E-state index >= 15 is 0 Å². The number of benzene rings is 5. The van der Waals surface area contributed by atoms with E-state index in [9.17, 15) is 19.2 Å². The molecule has 0 radical (unpaired) electrons. The van der Waals surface area contributed by atoms with E-state index in [0.29, 0.717) is 15.7 Å². The molecule has 0 unspecified atom stereocenters. The second-order valence-electron chi connectivity index (χ2n) is 17.2. The number of β-lactam (4-membered cyclic amide) rings is 1. The van der Waals surface area contributed by atoms with E-state index in [1.165, 1.54) is 51.5 Å². The minimum Gasteiger partial charge on any atom is -0.448 e. The second-order valence-corrected chi connectivity index (χ2v) is 23.0. The molecular formula is C53H47N7O7S5. The van der Waals surface area contributed by atoms with Crippen molar-refractivity contribution in [2.45, 2.75) is 60.8 Å². The third-order valence-corrected chi connectivity index (χ3v) is 16.6. The van der Waals surface area contributed by atoms with E-state index in [1.54, 1.807) is 26.2 Å². The van der Waals surface area contributed by atoms with Crippen molar-refractivity contribution in [3.05, 3.63) is 206 Å². The van der Waals surface area contributed by atoms with Gasteiger partial charge in [-0.3, -0.25) is 19.8 Å². The number of nitrogens with one attached hydrogen (secondary N) is 2. The van der Waals surface area contributed by atoms with Gasteiger partial charge in [0.25, 0.3) is 11.8 Å². The van der Waals surface area contributed by atoms with Crippen molar-refractivity contribution in [2.75, 3.05) is 16.2 Å². The minimum atomic E-state index is -1.39. The first-order chi connectivity index (χ1) is 34.9. The van der Waals surface area contributed by atoms with Gasteiger partial charge in [-0.1, -0.05) is 180 Å². The lowest BCUT2D eigenvalue weighted by Crippen LogP contribution is -2.71. The number of fused-ring (bicyclic) bond motifs is 1. The maximum absolute atomic E-state index is 15.0. The Morgan fingerprint density at radius 1 is 0.792 bits per heavy atom. The average Bonchev–Trinajstić information content (AvgIpc) is 4.04. The quantitative estimate of drug-likeness (QED) is 0.0168. The first kappa shape index (κ1) is 50.2. The smallest absolute Gasteiger partial charge is 0.413 e. The van der Waals surface area contributed by atoms with Gasteiger partial charge in [-0.2, -0.15) is 0 Å². The molecule has 72 heavy (non-hydrogen) atoms. The number of hydrogen-bond acceptors (Lipinski definition) is 16. The predicted molar refractivity (Wildman–Crippen MR) is 285 cm³/mol. The van der Waals surface area contributed by atoms with Gasteiger partial charge in [0, 0.05) is 32.7 Å². The fourth-order valence-corrected chi connectivity index (χ4v) is 13.4. The number of hydrogen-bond donors (Lipinski definition) is 2. The Labute approximate surface area is 437 Å². The third-order valence-electron chi connectivity index (χ3n) is 11.2. The van der Waals surface area contributed by atoms with Gasteiger partial charge in [0.05, 0.1) is 5.08 Å². The van der Waals surface area contributed by atoms with Gasteiger partial charge in [-0.25, -0.2) is 14.6 Å². The number of oxime groups is 1. The molecule has 2 aliphatic rings. The highest BCUT2D eigenvalue weighted by Crippen LogP contribution is 2.46. The maximum Gasteiger partial charge on any atom is 0.413 e. The number of thiazole rings is 1. The fraction of sp³-hybridized carbons (Fsp3) is 0.208. The fourth-order valence-electron chi connectivity index (χ4n) is 7.96. The number of thioether (sulfide) groups is 3. The number of nitrogens with zero attached hydrogens (tertiary/aromatic N) is 5. The van der Waals surface area contributed by atoms with Crippen LogP contribution in [-0.4, -0.2) is 77.5 Å². The summed E-state index contributed by atoms with van der Waals surface area (Å²) in [6.07, 6.45) is -1.51. The summed E-state index contributed by atoms with van der Waals surface area (Å²) < 4.78 is 12.6. The number of rotatable bonds is 17. The molecule has 366 valence electrons. The zero-order valence-corrected chi connectivity index (χ0v) is 43.4. The van der Waals surface area contributed by atoms with E-state index < -0.39 is 52.6 Å². The Hall–Kier alpha value is -6.77. The highest BCUT2D eigenvalue weighted by molar-refractivity contribution is 8.18. The van der Waals surface area contributed by atoms with Crippen LogP contribution in [0.1, 0.15) is 65.4 Å². The highest BCUT2D eigenvalue weighted by atomic mass is 32.2. The molecule has 3 amide bonds. The Kier molecular flexibility index (Phi) is 15.6. The average molecular weight is 1050 g/mol. The molecule has 1 saturated heterocycles. The van der Waals surface area contributed by atoms with Gasteiger partial charge in [-0.05, 0) is 38.8 Å². The van der Waals surface area contributed by atoms with Crippen LogP contribution in [0.25, 0.3) is 0 Å². The van der Waals surface area contributed by atoms with E-state index in [0.717, 1.165) is 48.5 Å². The lowest BCUT2D eigenvalue weighted by Gasteiger charge is -2.49. The molecule has 0 aliphatic carbocycles. The van der Waals surface area contributed by atoms with Crippen molar-refractivity contribution < 1.29 is 33.5 Å². The first-order valence-corrected chi connectivity index (χ1v) is 27.3. The zero-order chi connectivity index (χ0) is 50.2. The van der Waals surface area contributed by atoms with Crippen molar-refractivity contribution in [3.63, 3.8) is 0 Å². The summed E-state index contributed by atoms with van der Waals surface area (Å²) in [6.45, 7) is 7.12. The number of anilines is 1. The summed E-state index contributed by atoms with van der Waals surface area (Å²) in [5.74, 6) is -1.64. The van der Waals surface area contributed by atoms with Crippen LogP contribution in [0.15, 0.2) is 177 Å². The minimum absolute atomic E-state index is 0.0606. The van der Waals surface area contributed by atoms with Crippen molar-refractivity contribution in [3.8, 4) is 0 Å². The van der Waals surface area contributed by atoms with Gasteiger partial charge < -0.3 is 19.6 Å². The van der Waals surface area contributed by atoms with E-state index in [4.69, 9.17) is 14.3 Å². The third kappa shape index (κ3) is 11.3. The number of carbonyl (C=O) groups excluding carboxylic acids is 4. The van der Waals surface area contributed by atoms with Crippen LogP contribution < -0.4 is 10.6 Å². The highest BCUT2D eigenvalue weighted by Gasteiger charge is 2.55. The molecule has 14 nitrogen and oxygen atoms in total. The van der Waals surface area contributed by atoms with Crippen LogP contribution >= 0.6 is 58.0 Å². The number of aryl methyl sites for hydroxylation is 1. The maximum atomic E-state index is 15.0. The molecule has 0 saturated carbocycles. The van der Waals surface area contributed by atoms with Crippen LogP contribution in [0.2, 0.25) is 0 Å². The Bertz CT molecular complexity index is 2960. The van der Waals surface area contributed by atoms with Crippen LogP contribution in [-0.2, 0) is 34.3 Å². The summed E-state index contributed by atoms with van der Waals surface area (Å²) in [6, 6.07) is 46.3. The molecule has 0 spiro atoms. The monoisotopic (exact) mass is 1050 g/mol. The van der Waals surface area contributed by atoms with E-state index in [-0.39, 0.29) is 22.2 Å². The predicted octanol–water partition coefficient (Wildman–Crippen LogP) is 10.8. The summed E-state index contributed by atoms with van der Waals surface area (Å²) in [4.78, 5) is 70.7. The largest absolute Gasteiger partial charge is 0.448 e. The summed E-state index contributed by atoms with van der Waals surface area (Å²) >= 11 is 6.85. The number of carbonyl (C=O) groups is 4. The van der Waals surface area contributed by atoms with Crippen LogP contribution in [0.4, 0.5) is 9.93 Å². The molecule has 9 rings (SSSR count). The van der Waals surface area contributed by atoms with Gasteiger partial charge in [-0.15, -0.1) is 45.1 Å². The molecule has 0 bridgehead atoms. The SMILES string of the molecule is Cc1nnc(SCSC2=C(C(=O)OC(c3ccccc3)c3ccccc3)N3C(=O)[C@@H](NC(=O)/C(=N\OC(c4ccccc4)(c4ccccc4)c4ccccc4)c4csc(NC(=O)OC(C)(C)C)n4)[C@@H]3SC2)s1. The molecule has 2 aromatic heterocycles. The molecule has 5 aromatic carbocycles. The molecule has 2 atom stereocenters. The molecule has 7 aromatic rings. The molecular weight excluding hydrogens is 1010 g/mol. The van der Waals surface area contributed by atoms with Crippen molar-refractivity contribution in [1.29, 1.82) is 0 Å². The number of ether oxygens (including phenoxy) is 2. The van der Waals surface area contributed by atoms with Crippen molar-refractivity contribution in [1.82, 2.24) is 25.4 Å². The summed E-state index contributed by atoms with van der Waals surface area (Å²) in [7, 11) is 0. The van der Waals surface area contributed by atoms with Crippen molar-refractivity contribution in [2.24, 2.45) is 5.16 Å². The standard InChI is InChI=1S/C53H47N7O7S5/c1-33-57-58-51(72-33)71-32-70-40-31-68-47-42(46(62)60(47)43(40)48(63)65-44(34-20-10-5-11-21-34)35-22-12-6-13-23-35)55-45(61)41(39-30-69-49(54-39)56-50(64)66-52(2,3)4)59-67-53(36-24-14-7-15-25-36,37-26-16-8-17-27-37)38-28-18-9-19-29-38/h5-30,42,44,47H,31-32H2,1-4H3,(H,55,61)(H,54,56,64)/b59-41-/t42-,47+/m1/s1. The molecule has 4 heterocycles. The number of esters is 1. The number of aromatic nitrogens is 3. The van der Waals surface area contributed by atoms with E-state index in [1.807, 2.05) is 159 Å². The Morgan fingerprint density at radius 2 is 1.35 bits per heavy atom. The zero-order valence-electron chi connectivity index (χ0n) is 39.3. The van der Waals surface area contributed by atoms with Crippen LogP contribution in [0, 0.1) is 6.92 Å². The van der Waals surface area contributed by atoms with Crippen LogP contribution in [0.5, 0.6) is 0 Å². The Balaban J connectivity index is 1.05. The first-order valence-electron chi connectivity index (χ1n) is 22.6. The molecule has 2 aliphatic heterocycles. The lowest BCUT2D eigenvalue weighted by atomic mass is 9.80. The van der Waals surface area contributed by atoms with Gasteiger partial charge >= 0.3 is 12.1 Å². The summed E-state index contributed by atoms with van der Waals surface area (Å²) in [5.41, 5.74) is 1.41. The van der Waals surface area contributed by atoms with Gasteiger partial charge in [0.2, 0.25) is 5.60 Å². The lowest BCUT2D eigenvalue weighted by molar-refractivity contribution is -0.154. The Morgan fingerprint density at radius 3 is 1.88 bits per heavy atom. The van der Waals surface area contributed by atoms with Crippen LogP contribution in [0.3, 0.4) is 0 Å². The van der Waals surface area contributed by atoms with Crippen molar-refractivity contribution >= 4 is 92.7 Å². The summed E-state index contributed by atoms with van der Waals surface area (Å²) in [5, 5.41) is 20.9. The van der Waals surface area contributed by atoms with Gasteiger partial charge in [0.1, 0.15) is 33.4 Å². The normalized spacial score (nSPS) is 15.9. The van der Waals surface area contributed by atoms with E-state index in [2.05, 4.69) is 31.0 Å². The second kappa shape index (κ2) is 22.3. The number of amides is 3. The molecule has 1 fully saturated rings. The topological polar surface area (TPSA) is 174 Å². The molecule has 2 N–H and O–H groups in total. The van der Waals surface area contributed by atoms with Gasteiger partial charge in [0.15, 0.2) is 21.3 Å². The molecule has 19 heteroatoms.